The Morgan fingerprint density at radius 1 is 1.10 bits per heavy atom. The van der Waals surface area contributed by atoms with E-state index in [1.54, 1.807) is 19.9 Å². The van der Waals surface area contributed by atoms with Gasteiger partial charge in [0.05, 0.1) is 6.04 Å². The molecule has 2 aromatic carbocycles. The Bertz CT molecular complexity index is 632. The highest BCUT2D eigenvalue weighted by molar-refractivity contribution is 6.35. The first-order valence-corrected chi connectivity index (χ1v) is 7.64. The maximum atomic E-state index is 13.8. The summed E-state index contributed by atoms with van der Waals surface area (Å²) in [7, 11) is 0. The maximum Gasteiger partial charge on any atom is 0.129 e. The minimum Gasteiger partial charge on any atom is -0.306 e. The first kappa shape index (κ1) is 16.3. The van der Waals surface area contributed by atoms with Gasteiger partial charge in [-0.2, -0.15) is 0 Å². The fourth-order valence-electron chi connectivity index (χ4n) is 2.49. The van der Waals surface area contributed by atoms with Gasteiger partial charge in [-0.25, -0.2) is 4.39 Å². The molecule has 0 saturated carbocycles. The van der Waals surface area contributed by atoms with Gasteiger partial charge in [0.25, 0.3) is 0 Å². The number of hydrogen-bond donors (Lipinski definition) is 1. The summed E-state index contributed by atoms with van der Waals surface area (Å²) < 4.78 is 13.8. The van der Waals surface area contributed by atoms with Crippen LogP contribution >= 0.6 is 23.2 Å². The molecule has 2 aromatic rings. The zero-order valence-corrected chi connectivity index (χ0v) is 13.8. The normalized spacial score (nSPS) is 12.5. The van der Waals surface area contributed by atoms with Crippen LogP contribution < -0.4 is 5.32 Å². The van der Waals surface area contributed by atoms with E-state index >= 15 is 0 Å². The molecule has 21 heavy (non-hydrogen) atoms. The zero-order valence-electron chi connectivity index (χ0n) is 12.3. The standard InChI is InChI=1S/C17H18Cl2FN/c1-4-21-17(14-6-5-13(18)9-15(14)19)12-7-10(2)16(20)11(3)8-12/h5-9,17,21H,4H2,1-3H3. The predicted octanol–water partition coefficient (Wildman–Crippen LogP) is 5.45. The van der Waals surface area contributed by atoms with E-state index in [4.69, 9.17) is 23.2 Å². The molecule has 1 unspecified atom stereocenters. The lowest BCUT2D eigenvalue weighted by molar-refractivity contribution is 0.598. The molecule has 1 nitrogen and oxygen atoms in total. The van der Waals surface area contributed by atoms with Crippen LogP contribution in [0.2, 0.25) is 10.0 Å². The fourth-order valence-corrected chi connectivity index (χ4v) is 3.01. The lowest BCUT2D eigenvalue weighted by Gasteiger charge is -2.21. The van der Waals surface area contributed by atoms with E-state index in [0.29, 0.717) is 21.2 Å². The maximum absolute atomic E-state index is 13.8. The van der Waals surface area contributed by atoms with Crippen molar-refractivity contribution in [2.45, 2.75) is 26.8 Å². The largest absolute Gasteiger partial charge is 0.306 e. The third-order valence-electron chi connectivity index (χ3n) is 3.47. The van der Waals surface area contributed by atoms with Crippen molar-refractivity contribution < 1.29 is 4.39 Å². The molecule has 0 bridgehead atoms. The summed E-state index contributed by atoms with van der Waals surface area (Å²) in [5.74, 6) is -0.156. The minimum atomic E-state index is -0.156. The molecule has 2 rings (SSSR count). The number of hydrogen-bond acceptors (Lipinski definition) is 1. The van der Waals surface area contributed by atoms with Crippen molar-refractivity contribution in [3.63, 3.8) is 0 Å². The van der Waals surface area contributed by atoms with Crippen molar-refractivity contribution in [1.29, 1.82) is 0 Å². The molecule has 112 valence electrons. The Kier molecular flexibility index (Phi) is 5.26. The Balaban J connectivity index is 2.53. The summed E-state index contributed by atoms with van der Waals surface area (Å²) in [5, 5.41) is 4.61. The van der Waals surface area contributed by atoms with Gasteiger partial charge in [0, 0.05) is 10.0 Å². The van der Waals surface area contributed by atoms with Gasteiger partial charge in [-0.05, 0) is 54.8 Å². The molecular formula is C17H18Cl2FN. The van der Waals surface area contributed by atoms with Crippen LogP contribution in [0.5, 0.6) is 0 Å². The Labute approximate surface area is 135 Å². The molecule has 0 fully saturated rings. The average Bonchev–Trinajstić information content (AvgIpc) is 2.42. The van der Waals surface area contributed by atoms with E-state index in [0.717, 1.165) is 17.7 Å². The molecule has 1 atom stereocenters. The Morgan fingerprint density at radius 2 is 1.71 bits per heavy atom. The smallest absolute Gasteiger partial charge is 0.129 e. The summed E-state index contributed by atoms with van der Waals surface area (Å²) in [6.45, 7) is 6.36. The monoisotopic (exact) mass is 325 g/mol. The van der Waals surface area contributed by atoms with Crippen molar-refractivity contribution in [3.8, 4) is 0 Å². The quantitative estimate of drug-likeness (QED) is 0.788. The van der Waals surface area contributed by atoms with Gasteiger partial charge in [0.1, 0.15) is 5.82 Å². The molecule has 0 aliphatic carbocycles. The van der Waals surface area contributed by atoms with Crippen molar-refractivity contribution in [2.75, 3.05) is 6.54 Å². The number of nitrogens with one attached hydrogen (secondary N) is 1. The highest BCUT2D eigenvalue weighted by Crippen LogP contribution is 2.32. The van der Waals surface area contributed by atoms with Crippen LogP contribution in [-0.4, -0.2) is 6.54 Å². The first-order valence-electron chi connectivity index (χ1n) is 6.89. The molecule has 4 heteroatoms. The SMILES string of the molecule is CCNC(c1cc(C)c(F)c(C)c1)c1ccc(Cl)cc1Cl. The van der Waals surface area contributed by atoms with E-state index in [1.807, 2.05) is 31.2 Å². The van der Waals surface area contributed by atoms with Crippen LogP contribution in [0.1, 0.15) is 35.2 Å². The highest BCUT2D eigenvalue weighted by Gasteiger charge is 2.18. The summed E-state index contributed by atoms with van der Waals surface area (Å²) >= 11 is 12.3. The number of rotatable bonds is 4. The molecule has 0 heterocycles. The third kappa shape index (κ3) is 3.57. The van der Waals surface area contributed by atoms with Crippen molar-refractivity contribution in [3.05, 3.63) is 68.4 Å². The summed E-state index contributed by atoms with van der Waals surface area (Å²) in [4.78, 5) is 0. The van der Waals surface area contributed by atoms with Crippen molar-refractivity contribution >= 4 is 23.2 Å². The second kappa shape index (κ2) is 6.78. The lowest BCUT2D eigenvalue weighted by atomic mass is 9.95. The fraction of sp³-hybridized carbons (Fsp3) is 0.294. The van der Waals surface area contributed by atoms with E-state index in [2.05, 4.69) is 5.32 Å². The average molecular weight is 326 g/mol. The molecule has 0 aromatic heterocycles. The van der Waals surface area contributed by atoms with E-state index < -0.39 is 0 Å². The molecular weight excluding hydrogens is 308 g/mol. The Morgan fingerprint density at radius 3 is 2.24 bits per heavy atom. The van der Waals surface area contributed by atoms with Crippen LogP contribution in [0.4, 0.5) is 4.39 Å². The van der Waals surface area contributed by atoms with Gasteiger partial charge in [-0.1, -0.05) is 48.3 Å². The number of benzene rings is 2. The summed E-state index contributed by atoms with van der Waals surface area (Å²) in [6, 6.07) is 9.09. The molecule has 0 aliphatic heterocycles. The summed E-state index contributed by atoms with van der Waals surface area (Å²) in [5.41, 5.74) is 3.21. The van der Waals surface area contributed by atoms with Crippen LogP contribution in [-0.2, 0) is 0 Å². The first-order chi connectivity index (χ1) is 9.93. The lowest BCUT2D eigenvalue weighted by Crippen LogP contribution is -2.22. The molecule has 0 radical (unpaired) electrons. The topological polar surface area (TPSA) is 12.0 Å². The molecule has 0 saturated heterocycles. The van der Waals surface area contributed by atoms with Gasteiger partial charge in [0.2, 0.25) is 0 Å². The van der Waals surface area contributed by atoms with Gasteiger partial charge in [-0.3, -0.25) is 0 Å². The van der Waals surface area contributed by atoms with Crippen LogP contribution in [0.25, 0.3) is 0 Å². The number of halogens is 3. The second-order valence-corrected chi connectivity index (χ2v) is 5.97. The highest BCUT2D eigenvalue weighted by atomic mass is 35.5. The van der Waals surface area contributed by atoms with Crippen LogP contribution in [0, 0.1) is 19.7 Å². The third-order valence-corrected chi connectivity index (χ3v) is 4.04. The van der Waals surface area contributed by atoms with Gasteiger partial charge in [-0.15, -0.1) is 0 Å². The predicted molar refractivity (Wildman–Crippen MR) is 87.9 cm³/mol. The van der Waals surface area contributed by atoms with E-state index in [-0.39, 0.29) is 11.9 Å². The van der Waals surface area contributed by atoms with Gasteiger partial charge in [0.15, 0.2) is 0 Å². The number of aryl methyl sites for hydroxylation is 2. The van der Waals surface area contributed by atoms with Crippen LogP contribution in [0.3, 0.4) is 0 Å². The van der Waals surface area contributed by atoms with Crippen molar-refractivity contribution in [1.82, 2.24) is 5.32 Å². The Hall–Kier alpha value is -1.09. The van der Waals surface area contributed by atoms with Gasteiger partial charge >= 0.3 is 0 Å². The zero-order chi connectivity index (χ0) is 15.6. The molecule has 0 spiro atoms. The van der Waals surface area contributed by atoms with Crippen LogP contribution in [0.15, 0.2) is 30.3 Å². The molecule has 0 amide bonds. The van der Waals surface area contributed by atoms with Gasteiger partial charge < -0.3 is 5.32 Å². The second-order valence-electron chi connectivity index (χ2n) is 5.13. The minimum absolute atomic E-state index is 0.0854. The molecule has 1 N–H and O–H groups in total. The van der Waals surface area contributed by atoms with Crippen molar-refractivity contribution in [2.24, 2.45) is 0 Å². The van der Waals surface area contributed by atoms with E-state index in [1.165, 1.54) is 0 Å². The molecule has 0 aliphatic rings. The summed E-state index contributed by atoms with van der Waals surface area (Å²) in [6.07, 6.45) is 0. The van der Waals surface area contributed by atoms with E-state index in [9.17, 15) is 4.39 Å².